The van der Waals surface area contributed by atoms with Crippen LogP contribution < -0.4 is 11.1 Å². The Kier molecular flexibility index (Phi) is 3.62. The summed E-state index contributed by atoms with van der Waals surface area (Å²) < 4.78 is 13.5. The van der Waals surface area contributed by atoms with Gasteiger partial charge in [0, 0.05) is 5.69 Å². The van der Waals surface area contributed by atoms with Crippen LogP contribution in [0.25, 0.3) is 0 Å². The van der Waals surface area contributed by atoms with E-state index in [0.717, 1.165) is 12.0 Å². The molecule has 0 fully saturated rings. The zero-order valence-corrected chi connectivity index (χ0v) is 10.7. The Morgan fingerprint density at radius 3 is 2.94 bits per heavy atom. The lowest BCUT2D eigenvalue weighted by Crippen LogP contribution is -2.13. The predicted molar refractivity (Wildman–Crippen MR) is 72.5 cm³/mol. The predicted octanol–water partition coefficient (Wildman–Crippen LogP) is 3.28. The maximum absolute atomic E-state index is 13.5. The lowest BCUT2D eigenvalue weighted by atomic mass is 10.2. The third-order valence-corrected chi connectivity index (χ3v) is 3.53. The van der Waals surface area contributed by atoms with Crippen molar-refractivity contribution in [2.75, 3.05) is 11.1 Å². The van der Waals surface area contributed by atoms with E-state index in [0.29, 0.717) is 10.6 Å². The molecule has 18 heavy (non-hydrogen) atoms. The van der Waals surface area contributed by atoms with Gasteiger partial charge in [-0.05, 0) is 41.6 Å². The van der Waals surface area contributed by atoms with Gasteiger partial charge in [0.25, 0.3) is 5.91 Å². The standard InChI is InChI=1S/C13H13FN2OS/c1-2-8-5-6-18-12(8)13(17)16-11-7-9(15)3-4-10(11)14/h3-7H,2,15H2,1H3,(H,16,17). The summed E-state index contributed by atoms with van der Waals surface area (Å²) in [7, 11) is 0. The van der Waals surface area contributed by atoms with Crippen LogP contribution in [0.1, 0.15) is 22.2 Å². The molecule has 0 saturated carbocycles. The SMILES string of the molecule is CCc1ccsc1C(=O)Nc1cc(N)ccc1F. The van der Waals surface area contributed by atoms with Crippen molar-refractivity contribution in [1.82, 2.24) is 0 Å². The summed E-state index contributed by atoms with van der Waals surface area (Å²) in [6, 6.07) is 6.00. The van der Waals surface area contributed by atoms with E-state index in [-0.39, 0.29) is 11.6 Å². The smallest absolute Gasteiger partial charge is 0.266 e. The first kappa shape index (κ1) is 12.6. The van der Waals surface area contributed by atoms with Crippen LogP contribution in [0.2, 0.25) is 0 Å². The summed E-state index contributed by atoms with van der Waals surface area (Å²) in [5.74, 6) is -0.793. The summed E-state index contributed by atoms with van der Waals surface area (Å²) >= 11 is 1.35. The molecule has 3 N–H and O–H groups in total. The minimum absolute atomic E-state index is 0.107. The van der Waals surface area contributed by atoms with Crippen molar-refractivity contribution in [2.45, 2.75) is 13.3 Å². The molecule has 0 saturated heterocycles. The van der Waals surface area contributed by atoms with Gasteiger partial charge in [-0.25, -0.2) is 4.39 Å². The van der Waals surface area contributed by atoms with Crippen LogP contribution in [-0.4, -0.2) is 5.91 Å². The number of carbonyl (C=O) groups excluding carboxylic acids is 1. The average molecular weight is 264 g/mol. The van der Waals surface area contributed by atoms with Gasteiger partial charge >= 0.3 is 0 Å². The molecule has 0 radical (unpaired) electrons. The Labute approximate surface area is 108 Å². The van der Waals surface area contributed by atoms with Crippen LogP contribution in [0.4, 0.5) is 15.8 Å². The second-order valence-corrected chi connectivity index (χ2v) is 4.74. The Bertz CT molecular complexity index is 580. The molecule has 0 aliphatic heterocycles. The van der Waals surface area contributed by atoms with E-state index in [1.54, 1.807) is 0 Å². The van der Waals surface area contributed by atoms with Crippen LogP contribution >= 0.6 is 11.3 Å². The average Bonchev–Trinajstić information content (AvgIpc) is 2.82. The number of amides is 1. The first-order valence-electron chi connectivity index (χ1n) is 5.54. The van der Waals surface area contributed by atoms with E-state index in [2.05, 4.69) is 5.32 Å². The molecular formula is C13H13FN2OS. The highest BCUT2D eigenvalue weighted by molar-refractivity contribution is 7.12. The molecular weight excluding hydrogens is 251 g/mol. The number of hydrogen-bond acceptors (Lipinski definition) is 3. The Morgan fingerprint density at radius 1 is 1.44 bits per heavy atom. The van der Waals surface area contributed by atoms with E-state index in [9.17, 15) is 9.18 Å². The van der Waals surface area contributed by atoms with E-state index < -0.39 is 5.82 Å². The van der Waals surface area contributed by atoms with Gasteiger partial charge in [-0.2, -0.15) is 0 Å². The largest absolute Gasteiger partial charge is 0.399 e. The molecule has 5 heteroatoms. The van der Waals surface area contributed by atoms with Crippen molar-refractivity contribution in [3.05, 3.63) is 45.9 Å². The van der Waals surface area contributed by atoms with Crippen molar-refractivity contribution in [2.24, 2.45) is 0 Å². The Morgan fingerprint density at radius 2 is 2.22 bits per heavy atom. The van der Waals surface area contributed by atoms with E-state index in [1.165, 1.54) is 29.5 Å². The minimum atomic E-state index is -0.493. The van der Waals surface area contributed by atoms with Crippen LogP contribution in [0.5, 0.6) is 0 Å². The second kappa shape index (κ2) is 5.18. The van der Waals surface area contributed by atoms with E-state index in [4.69, 9.17) is 5.73 Å². The van der Waals surface area contributed by atoms with E-state index >= 15 is 0 Å². The number of halogens is 1. The molecule has 0 aliphatic carbocycles. The number of benzene rings is 1. The molecule has 1 aromatic heterocycles. The van der Waals surface area contributed by atoms with Gasteiger partial charge < -0.3 is 11.1 Å². The number of rotatable bonds is 3. The van der Waals surface area contributed by atoms with Crippen LogP contribution in [0, 0.1) is 5.82 Å². The second-order valence-electron chi connectivity index (χ2n) is 3.82. The van der Waals surface area contributed by atoms with E-state index in [1.807, 2.05) is 18.4 Å². The first-order chi connectivity index (χ1) is 8.61. The fourth-order valence-electron chi connectivity index (χ4n) is 1.63. The molecule has 2 rings (SSSR count). The maximum atomic E-state index is 13.5. The molecule has 0 spiro atoms. The number of anilines is 2. The quantitative estimate of drug-likeness (QED) is 0.836. The summed E-state index contributed by atoms with van der Waals surface area (Å²) in [5.41, 5.74) is 7.04. The normalized spacial score (nSPS) is 10.3. The molecule has 3 nitrogen and oxygen atoms in total. The highest BCUT2D eigenvalue weighted by Crippen LogP contribution is 2.22. The van der Waals surface area contributed by atoms with Crippen LogP contribution in [0.3, 0.4) is 0 Å². The van der Waals surface area contributed by atoms with Gasteiger partial charge in [-0.15, -0.1) is 11.3 Å². The minimum Gasteiger partial charge on any atom is -0.399 e. The van der Waals surface area contributed by atoms with Gasteiger partial charge in [0.05, 0.1) is 10.6 Å². The van der Waals surface area contributed by atoms with Gasteiger partial charge in [-0.3, -0.25) is 4.79 Å². The first-order valence-corrected chi connectivity index (χ1v) is 6.42. The van der Waals surface area contributed by atoms with Crippen molar-refractivity contribution in [1.29, 1.82) is 0 Å². The van der Waals surface area contributed by atoms with Gasteiger partial charge in [0.2, 0.25) is 0 Å². The fraction of sp³-hybridized carbons (Fsp3) is 0.154. The molecule has 1 aromatic carbocycles. The van der Waals surface area contributed by atoms with Gasteiger partial charge in [-0.1, -0.05) is 6.92 Å². The monoisotopic (exact) mass is 264 g/mol. The molecule has 1 heterocycles. The molecule has 1 amide bonds. The lowest BCUT2D eigenvalue weighted by molar-refractivity contribution is 0.102. The number of hydrogen-bond donors (Lipinski definition) is 2. The summed E-state index contributed by atoms with van der Waals surface area (Å²) in [6.07, 6.45) is 0.770. The molecule has 0 unspecified atom stereocenters. The maximum Gasteiger partial charge on any atom is 0.266 e. The lowest BCUT2D eigenvalue weighted by Gasteiger charge is -2.07. The topological polar surface area (TPSA) is 55.1 Å². The summed E-state index contributed by atoms with van der Waals surface area (Å²) in [5, 5.41) is 4.40. The number of carbonyl (C=O) groups is 1. The van der Waals surface area contributed by atoms with Crippen LogP contribution in [-0.2, 0) is 6.42 Å². The molecule has 0 bridgehead atoms. The van der Waals surface area contributed by atoms with Gasteiger partial charge in [0.15, 0.2) is 0 Å². The number of thiophene rings is 1. The number of nitrogen functional groups attached to an aromatic ring is 1. The fourth-order valence-corrected chi connectivity index (χ4v) is 2.52. The summed E-state index contributed by atoms with van der Waals surface area (Å²) in [6.45, 7) is 1.97. The third-order valence-electron chi connectivity index (χ3n) is 2.57. The van der Waals surface area contributed by atoms with Crippen molar-refractivity contribution >= 4 is 28.6 Å². The highest BCUT2D eigenvalue weighted by Gasteiger charge is 2.14. The highest BCUT2D eigenvalue weighted by atomic mass is 32.1. The van der Waals surface area contributed by atoms with Crippen molar-refractivity contribution < 1.29 is 9.18 Å². The molecule has 0 atom stereocenters. The number of nitrogens with one attached hydrogen (secondary N) is 1. The van der Waals surface area contributed by atoms with Crippen LogP contribution in [0.15, 0.2) is 29.6 Å². The molecule has 94 valence electrons. The third kappa shape index (κ3) is 2.51. The molecule has 0 aliphatic rings. The Balaban J connectivity index is 2.24. The van der Waals surface area contributed by atoms with Crippen molar-refractivity contribution in [3.8, 4) is 0 Å². The van der Waals surface area contributed by atoms with Gasteiger partial charge in [0.1, 0.15) is 5.82 Å². The Hall–Kier alpha value is -1.88. The number of nitrogens with two attached hydrogens (primary N) is 1. The molecule has 2 aromatic rings. The zero-order valence-electron chi connectivity index (χ0n) is 9.87. The van der Waals surface area contributed by atoms with Crippen molar-refractivity contribution in [3.63, 3.8) is 0 Å². The number of aryl methyl sites for hydroxylation is 1. The zero-order chi connectivity index (χ0) is 13.1. The summed E-state index contributed by atoms with van der Waals surface area (Å²) in [4.78, 5) is 12.6.